The van der Waals surface area contributed by atoms with Crippen molar-refractivity contribution in [1.82, 2.24) is 34.9 Å². The maximum Gasteiger partial charge on any atom is 0.435 e. The number of anilines is 1. The Kier molecular flexibility index (Phi) is 7.52. The summed E-state index contributed by atoms with van der Waals surface area (Å²) in [5.74, 6) is -4.03. The first kappa shape index (κ1) is 32.0. The predicted octanol–water partition coefficient (Wildman–Crippen LogP) is 3.69. The Morgan fingerprint density at radius 1 is 1.06 bits per heavy atom. The number of fused-ring (bicyclic) bond motifs is 1. The largest absolute Gasteiger partial charge is 0.435 e. The Labute approximate surface area is 271 Å². The average Bonchev–Trinajstić information content (AvgIpc) is 3.46. The summed E-state index contributed by atoms with van der Waals surface area (Å²) in [5, 5.41) is 12.1. The Hall–Kier alpha value is -4.54. The highest BCUT2D eigenvalue weighted by atomic mass is 19.4. The van der Waals surface area contributed by atoms with Crippen LogP contribution < -0.4 is 21.7 Å². The van der Waals surface area contributed by atoms with Crippen molar-refractivity contribution in [3.05, 3.63) is 53.2 Å². The molecule has 7 rings (SSSR count). The van der Waals surface area contributed by atoms with Crippen LogP contribution in [0.5, 0.6) is 0 Å². The van der Waals surface area contributed by atoms with Gasteiger partial charge in [-0.05, 0) is 49.9 Å². The van der Waals surface area contributed by atoms with Crippen molar-refractivity contribution in [1.29, 1.82) is 0 Å². The fourth-order valence-corrected chi connectivity index (χ4v) is 7.04. The van der Waals surface area contributed by atoms with Gasteiger partial charge in [-0.15, -0.1) is 0 Å². The van der Waals surface area contributed by atoms with Gasteiger partial charge in [0.2, 0.25) is 0 Å². The molecule has 0 spiro atoms. The molecule has 2 unspecified atom stereocenters. The summed E-state index contributed by atoms with van der Waals surface area (Å²) in [6, 6.07) is 3.02. The van der Waals surface area contributed by atoms with Crippen LogP contribution in [0.15, 0.2) is 30.6 Å². The molecule has 6 atom stereocenters. The number of amides is 4. The number of nitrogens with zero attached hydrogens (tertiary/aromatic N) is 5. The van der Waals surface area contributed by atoms with Crippen molar-refractivity contribution in [3.8, 4) is 11.3 Å². The summed E-state index contributed by atoms with van der Waals surface area (Å²) < 4.78 is 70.2. The molecule has 5 N–H and O–H groups in total. The number of nitrogens with two attached hydrogens (primary N) is 1. The van der Waals surface area contributed by atoms with Gasteiger partial charge in [-0.25, -0.2) is 18.6 Å². The number of likely N-dealkylation sites (tertiary alicyclic amines) is 1. The van der Waals surface area contributed by atoms with Crippen LogP contribution in [0.4, 0.5) is 32.4 Å². The van der Waals surface area contributed by atoms with Crippen LogP contribution in [0, 0.1) is 18.8 Å². The van der Waals surface area contributed by atoms with Crippen molar-refractivity contribution in [2.75, 3.05) is 18.4 Å². The number of nitrogens with one attached hydrogen (secondary N) is 3. The van der Waals surface area contributed by atoms with E-state index in [2.05, 4.69) is 26.0 Å². The molecule has 3 saturated carbocycles. The van der Waals surface area contributed by atoms with Gasteiger partial charge in [0.25, 0.3) is 17.7 Å². The number of carbonyl (C=O) groups is 3. The molecule has 3 aliphatic carbocycles. The van der Waals surface area contributed by atoms with Crippen LogP contribution in [0.25, 0.3) is 11.3 Å². The second-order valence-electron chi connectivity index (χ2n) is 13.2. The van der Waals surface area contributed by atoms with Crippen molar-refractivity contribution >= 4 is 23.5 Å². The number of urea groups is 1. The lowest BCUT2D eigenvalue weighted by molar-refractivity contribution is -0.141. The van der Waals surface area contributed by atoms with E-state index < -0.39 is 41.7 Å². The molecule has 0 bridgehead atoms. The van der Waals surface area contributed by atoms with E-state index in [-0.39, 0.29) is 53.4 Å². The topological polar surface area (TPSA) is 152 Å². The third-order valence-corrected chi connectivity index (χ3v) is 9.97. The van der Waals surface area contributed by atoms with Crippen LogP contribution >= 0.6 is 0 Å². The second-order valence-corrected chi connectivity index (χ2v) is 13.2. The van der Waals surface area contributed by atoms with Gasteiger partial charge >= 0.3 is 12.2 Å². The first-order chi connectivity index (χ1) is 22.6. The highest BCUT2D eigenvalue weighted by Gasteiger charge is 2.60. The minimum atomic E-state index is -4.93. The van der Waals surface area contributed by atoms with Gasteiger partial charge in [-0.2, -0.15) is 18.3 Å². The smallest absolute Gasteiger partial charge is 0.349 e. The monoisotopic (exact) mass is 675 g/mol. The molecule has 3 aromatic rings. The number of aryl methyl sites for hydroxylation is 1. The van der Waals surface area contributed by atoms with Gasteiger partial charge in [-0.3, -0.25) is 14.3 Å². The van der Waals surface area contributed by atoms with E-state index in [9.17, 15) is 36.3 Å². The third kappa shape index (κ3) is 5.77. The molecule has 1 aliphatic heterocycles. The SMILES string of the molecule is Cc1cc(NC(=O)c2ncc(-c3cn(C4CC4(F)F)nc3C(F)(F)F)n2C)ccc1C(=O)NC1[C@H]2CN(C(=O)N[C@@H]3CCC[C@@H]3N)C[C@@H]12. The van der Waals surface area contributed by atoms with Crippen LogP contribution in [-0.2, 0) is 13.2 Å². The van der Waals surface area contributed by atoms with E-state index in [1.807, 2.05) is 0 Å². The van der Waals surface area contributed by atoms with Gasteiger partial charge < -0.3 is 31.2 Å². The number of carbonyl (C=O) groups excluding carboxylic acids is 3. The summed E-state index contributed by atoms with van der Waals surface area (Å²) in [7, 11) is 1.34. The summed E-state index contributed by atoms with van der Waals surface area (Å²) in [6.07, 6.45) is -0.801. The van der Waals surface area contributed by atoms with Crippen LogP contribution in [0.1, 0.15) is 64.0 Å². The molecule has 4 aliphatic rings. The standard InChI is InChI=1S/C31H34F5N9O3/c1-14-8-15(6-7-16(14)27(46)41-24-17-11-44(12-18(17)24)29(48)40-21-5-3-4-20(21)37)39-28(47)26-38-10-22(43(26)2)19-13-45(23-9-30(23,32)33)42-25(19)31(34,35)36/h6-8,10,13,17-18,20-21,23-24H,3-5,9,11-12,37H2,1-2H3,(H,39,47)(H,40,48)(H,41,46)/t17-,18+,20-,21+,23?,24?/m0/s1. The predicted molar refractivity (Wildman–Crippen MR) is 161 cm³/mol. The number of hydrogen-bond donors (Lipinski definition) is 4. The van der Waals surface area contributed by atoms with Crippen LogP contribution in [0.2, 0.25) is 0 Å². The minimum absolute atomic E-state index is 0.00325. The number of halogens is 5. The highest BCUT2D eigenvalue weighted by molar-refractivity contribution is 6.03. The molecule has 17 heteroatoms. The Morgan fingerprint density at radius 3 is 2.38 bits per heavy atom. The summed E-state index contributed by atoms with van der Waals surface area (Å²) in [4.78, 5) is 44.6. The van der Waals surface area contributed by atoms with Crippen molar-refractivity contribution in [2.24, 2.45) is 24.6 Å². The second kappa shape index (κ2) is 11.3. The minimum Gasteiger partial charge on any atom is -0.349 e. The van der Waals surface area contributed by atoms with Crippen molar-refractivity contribution in [2.45, 2.75) is 68.9 Å². The first-order valence-corrected chi connectivity index (χ1v) is 15.7. The third-order valence-electron chi connectivity index (χ3n) is 9.97. The van der Waals surface area contributed by atoms with Crippen molar-refractivity contribution in [3.63, 3.8) is 0 Å². The van der Waals surface area contributed by atoms with E-state index in [4.69, 9.17) is 5.73 Å². The van der Waals surface area contributed by atoms with Crippen molar-refractivity contribution < 1.29 is 36.3 Å². The molecule has 4 amide bonds. The molecular formula is C31H34F5N9O3. The van der Waals surface area contributed by atoms with Crippen LogP contribution in [-0.4, -0.2) is 79.2 Å². The molecular weight excluding hydrogens is 641 g/mol. The maximum absolute atomic E-state index is 13.8. The lowest BCUT2D eigenvalue weighted by atomic mass is 10.1. The Balaban J connectivity index is 0.967. The van der Waals surface area contributed by atoms with E-state index in [0.29, 0.717) is 34.6 Å². The number of benzene rings is 1. The molecule has 4 fully saturated rings. The van der Waals surface area contributed by atoms with Gasteiger partial charge in [0.15, 0.2) is 11.5 Å². The number of rotatable bonds is 7. The summed E-state index contributed by atoms with van der Waals surface area (Å²) >= 11 is 0. The highest BCUT2D eigenvalue weighted by Crippen LogP contribution is 2.53. The lowest BCUT2D eigenvalue weighted by Gasteiger charge is -2.25. The molecule has 1 aromatic carbocycles. The lowest BCUT2D eigenvalue weighted by Crippen LogP contribution is -2.50. The Bertz CT molecular complexity index is 1790. The molecule has 48 heavy (non-hydrogen) atoms. The normalized spacial score (nSPS) is 27.0. The van der Waals surface area contributed by atoms with Gasteiger partial charge in [0.1, 0.15) is 6.04 Å². The molecule has 1 saturated heterocycles. The molecule has 3 heterocycles. The fourth-order valence-electron chi connectivity index (χ4n) is 7.04. The number of aromatic nitrogens is 4. The number of piperidine rings is 1. The van der Waals surface area contributed by atoms with Gasteiger partial charge in [0.05, 0.1) is 17.5 Å². The molecule has 0 radical (unpaired) electrons. The number of alkyl halides is 5. The molecule has 2 aromatic heterocycles. The zero-order valence-corrected chi connectivity index (χ0v) is 26.0. The van der Waals surface area contributed by atoms with Gasteiger partial charge in [-0.1, -0.05) is 0 Å². The van der Waals surface area contributed by atoms with E-state index in [1.165, 1.54) is 13.1 Å². The first-order valence-electron chi connectivity index (χ1n) is 15.7. The maximum atomic E-state index is 13.8. The molecule has 12 nitrogen and oxygen atoms in total. The number of imidazole rings is 1. The van der Waals surface area contributed by atoms with E-state index >= 15 is 0 Å². The van der Waals surface area contributed by atoms with Crippen LogP contribution in [0.3, 0.4) is 0 Å². The summed E-state index contributed by atoms with van der Waals surface area (Å²) in [5.41, 5.74) is 5.41. The molecule has 256 valence electrons. The quantitative estimate of drug-likeness (QED) is 0.281. The van der Waals surface area contributed by atoms with E-state index in [0.717, 1.165) is 36.2 Å². The number of hydrogen-bond acceptors (Lipinski definition) is 6. The summed E-state index contributed by atoms with van der Waals surface area (Å²) in [6.45, 7) is 2.81. The van der Waals surface area contributed by atoms with E-state index in [1.54, 1.807) is 24.0 Å². The van der Waals surface area contributed by atoms with Gasteiger partial charge in [0, 0.05) is 74.0 Å². The Morgan fingerprint density at radius 2 is 1.77 bits per heavy atom. The zero-order chi connectivity index (χ0) is 34.3. The fraction of sp³-hybridized carbons (Fsp3) is 0.516. The zero-order valence-electron chi connectivity index (χ0n) is 26.0. The average molecular weight is 676 g/mol.